The summed E-state index contributed by atoms with van der Waals surface area (Å²) in [6, 6.07) is 0. The molecule has 0 spiro atoms. The minimum Gasteiger partial charge on any atom is -0.396 e. The predicted octanol–water partition coefficient (Wildman–Crippen LogP) is 0.380. The fourth-order valence-electron chi connectivity index (χ4n) is 0.175. The van der Waals surface area contributed by atoms with Gasteiger partial charge in [0.15, 0.2) is 0 Å². The van der Waals surface area contributed by atoms with Crippen molar-refractivity contribution in [1.29, 1.82) is 0 Å². The largest absolute Gasteiger partial charge is 0.396 e. The molecule has 0 aliphatic rings. The highest BCUT2D eigenvalue weighted by molar-refractivity contribution is 5.85. The van der Waals surface area contributed by atoms with Crippen LogP contribution < -0.4 is 0 Å². The van der Waals surface area contributed by atoms with Crippen molar-refractivity contribution in [1.82, 2.24) is 0 Å². The molecule has 0 saturated carbocycles. The number of aliphatic hydroxyl groups is 1. The SMILES string of the molecule is Cl.O=CCCCO. The van der Waals surface area contributed by atoms with Gasteiger partial charge in [-0.2, -0.15) is 0 Å². The van der Waals surface area contributed by atoms with E-state index in [1.54, 1.807) is 0 Å². The monoisotopic (exact) mass is 124 g/mol. The second-order valence-electron chi connectivity index (χ2n) is 1.03. The van der Waals surface area contributed by atoms with Crippen molar-refractivity contribution in [3.63, 3.8) is 0 Å². The molecule has 1 N–H and O–H groups in total. The normalized spacial score (nSPS) is 7.00. The summed E-state index contributed by atoms with van der Waals surface area (Å²) >= 11 is 0. The lowest BCUT2D eigenvalue weighted by molar-refractivity contribution is -0.108. The average molecular weight is 125 g/mol. The molecule has 0 amide bonds. The minimum absolute atomic E-state index is 0. The van der Waals surface area contributed by atoms with Gasteiger partial charge in [0.1, 0.15) is 6.29 Å². The molecule has 0 fully saturated rings. The number of carbonyl (C=O) groups is 1. The summed E-state index contributed by atoms with van der Waals surface area (Å²) in [5.74, 6) is 0. The molecule has 0 unspecified atom stereocenters. The Morgan fingerprint density at radius 2 is 2.14 bits per heavy atom. The summed E-state index contributed by atoms with van der Waals surface area (Å²) in [6.45, 7) is 0.124. The van der Waals surface area contributed by atoms with Crippen LogP contribution in [0, 0.1) is 0 Å². The molecule has 0 aliphatic heterocycles. The molecule has 0 radical (unpaired) electrons. The summed E-state index contributed by atoms with van der Waals surface area (Å²) < 4.78 is 0. The third kappa shape index (κ3) is 10.7. The Morgan fingerprint density at radius 1 is 1.57 bits per heavy atom. The highest BCUT2D eigenvalue weighted by atomic mass is 35.5. The molecule has 0 aliphatic carbocycles. The molecule has 0 atom stereocenters. The predicted molar refractivity (Wildman–Crippen MR) is 29.6 cm³/mol. The van der Waals surface area contributed by atoms with Crippen molar-refractivity contribution >= 4 is 18.7 Å². The zero-order chi connectivity index (χ0) is 4.83. The molecule has 0 heterocycles. The van der Waals surface area contributed by atoms with E-state index in [2.05, 4.69) is 0 Å². The maximum atomic E-state index is 9.45. The van der Waals surface area contributed by atoms with E-state index in [0.717, 1.165) is 6.29 Å². The first-order valence-corrected chi connectivity index (χ1v) is 1.96. The minimum atomic E-state index is 0. The lowest BCUT2D eigenvalue weighted by atomic mass is 10.4. The first-order valence-electron chi connectivity index (χ1n) is 1.96. The molecule has 3 heteroatoms. The molecule has 0 aromatic carbocycles. The summed E-state index contributed by atoms with van der Waals surface area (Å²) in [4.78, 5) is 9.45. The van der Waals surface area contributed by atoms with E-state index in [1.165, 1.54) is 0 Å². The number of unbranched alkanes of at least 4 members (excludes halogenated alkanes) is 1. The van der Waals surface area contributed by atoms with Crippen molar-refractivity contribution in [3.05, 3.63) is 0 Å². The average Bonchev–Trinajstić information content (AvgIpc) is 1.61. The number of carbonyl (C=O) groups excluding carboxylic acids is 1. The summed E-state index contributed by atoms with van der Waals surface area (Å²) in [6.07, 6.45) is 1.89. The van der Waals surface area contributed by atoms with Gasteiger partial charge in [0.05, 0.1) is 0 Å². The van der Waals surface area contributed by atoms with Crippen molar-refractivity contribution in [2.24, 2.45) is 0 Å². The molecule has 0 saturated heterocycles. The van der Waals surface area contributed by atoms with Crippen LogP contribution in [0.25, 0.3) is 0 Å². The maximum absolute atomic E-state index is 9.45. The van der Waals surface area contributed by atoms with Gasteiger partial charge in [-0.25, -0.2) is 0 Å². The summed E-state index contributed by atoms with van der Waals surface area (Å²) in [5.41, 5.74) is 0. The number of aliphatic hydroxyl groups excluding tert-OH is 1. The molecule has 0 bridgehead atoms. The fraction of sp³-hybridized carbons (Fsp3) is 0.750. The number of hydrogen-bond donors (Lipinski definition) is 1. The van der Waals surface area contributed by atoms with Crippen LogP contribution in [0.5, 0.6) is 0 Å². The molecule has 0 aromatic rings. The topological polar surface area (TPSA) is 37.3 Å². The standard InChI is InChI=1S/C4H8O2.ClH/c5-3-1-2-4-6;/h3,6H,1-2,4H2;1H. The number of aldehydes is 1. The van der Waals surface area contributed by atoms with Crippen molar-refractivity contribution in [2.75, 3.05) is 6.61 Å². The van der Waals surface area contributed by atoms with Crippen LogP contribution in [0.15, 0.2) is 0 Å². The first kappa shape index (κ1) is 10.0. The third-order valence-corrected chi connectivity index (χ3v) is 0.480. The van der Waals surface area contributed by atoms with Crippen molar-refractivity contribution in [2.45, 2.75) is 12.8 Å². The third-order valence-electron chi connectivity index (χ3n) is 0.480. The Bertz CT molecular complexity index is 38.7. The van der Waals surface area contributed by atoms with Gasteiger partial charge >= 0.3 is 0 Å². The van der Waals surface area contributed by atoms with E-state index in [4.69, 9.17) is 5.11 Å². The van der Waals surface area contributed by atoms with Crippen LogP contribution in [0.1, 0.15) is 12.8 Å². The van der Waals surface area contributed by atoms with Gasteiger partial charge in [0.2, 0.25) is 0 Å². The van der Waals surface area contributed by atoms with E-state index in [1.807, 2.05) is 0 Å². The van der Waals surface area contributed by atoms with E-state index < -0.39 is 0 Å². The Hall–Kier alpha value is -0.0800. The van der Waals surface area contributed by atoms with Gasteiger partial charge < -0.3 is 9.90 Å². The number of halogens is 1. The molecule has 0 rings (SSSR count). The lowest BCUT2D eigenvalue weighted by Crippen LogP contribution is -1.80. The van der Waals surface area contributed by atoms with Crippen LogP contribution in [0.4, 0.5) is 0 Å². The molecular weight excluding hydrogens is 115 g/mol. The second-order valence-corrected chi connectivity index (χ2v) is 1.03. The van der Waals surface area contributed by atoms with E-state index in [0.29, 0.717) is 12.8 Å². The number of rotatable bonds is 3. The van der Waals surface area contributed by atoms with Crippen LogP contribution in [-0.2, 0) is 4.79 Å². The fourth-order valence-corrected chi connectivity index (χ4v) is 0.175. The smallest absolute Gasteiger partial charge is 0.120 e. The van der Waals surface area contributed by atoms with Gasteiger partial charge in [0.25, 0.3) is 0 Å². The molecule has 2 nitrogen and oxygen atoms in total. The Labute approximate surface area is 48.9 Å². The van der Waals surface area contributed by atoms with E-state index in [-0.39, 0.29) is 19.0 Å². The molecule has 0 aromatic heterocycles. The zero-order valence-corrected chi connectivity index (χ0v) is 4.78. The molecular formula is C4H9ClO2. The van der Waals surface area contributed by atoms with Crippen LogP contribution in [-0.4, -0.2) is 18.0 Å². The van der Waals surface area contributed by atoms with Gasteiger partial charge in [0, 0.05) is 13.0 Å². The van der Waals surface area contributed by atoms with Gasteiger partial charge in [-0.1, -0.05) is 0 Å². The highest BCUT2D eigenvalue weighted by Crippen LogP contribution is 1.77. The van der Waals surface area contributed by atoms with Gasteiger partial charge in [-0.3, -0.25) is 0 Å². The maximum Gasteiger partial charge on any atom is 0.120 e. The highest BCUT2D eigenvalue weighted by Gasteiger charge is 1.76. The van der Waals surface area contributed by atoms with E-state index in [9.17, 15) is 4.79 Å². The quantitative estimate of drug-likeness (QED) is 0.436. The van der Waals surface area contributed by atoms with Crippen molar-refractivity contribution in [3.8, 4) is 0 Å². The zero-order valence-electron chi connectivity index (χ0n) is 3.96. The van der Waals surface area contributed by atoms with Gasteiger partial charge in [-0.15, -0.1) is 12.4 Å². The van der Waals surface area contributed by atoms with Gasteiger partial charge in [-0.05, 0) is 6.42 Å². The first-order chi connectivity index (χ1) is 2.91. The van der Waals surface area contributed by atoms with Crippen LogP contribution in [0.2, 0.25) is 0 Å². The Kier molecular flexibility index (Phi) is 13.3. The second kappa shape index (κ2) is 9.33. The summed E-state index contributed by atoms with van der Waals surface area (Å²) in [5, 5.41) is 8.04. The van der Waals surface area contributed by atoms with E-state index >= 15 is 0 Å². The van der Waals surface area contributed by atoms with Crippen LogP contribution >= 0.6 is 12.4 Å². The number of hydrogen-bond acceptors (Lipinski definition) is 2. The Balaban J connectivity index is 0. The molecule has 7 heavy (non-hydrogen) atoms. The Morgan fingerprint density at radius 3 is 2.29 bits per heavy atom. The van der Waals surface area contributed by atoms with Crippen molar-refractivity contribution < 1.29 is 9.90 Å². The lowest BCUT2D eigenvalue weighted by Gasteiger charge is -1.79. The van der Waals surface area contributed by atoms with Crippen LogP contribution in [0.3, 0.4) is 0 Å². The molecule has 44 valence electrons. The summed E-state index contributed by atoms with van der Waals surface area (Å²) in [7, 11) is 0.